The van der Waals surface area contributed by atoms with Gasteiger partial charge in [0.2, 0.25) is 5.91 Å². The first-order valence-corrected chi connectivity index (χ1v) is 6.51. The maximum absolute atomic E-state index is 12.5. The molecule has 6 heteroatoms. The van der Waals surface area contributed by atoms with Gasteiger partial charge in [-0.3, -0.25) is 9.59 Å². The minimum absolute atomic E-state index is 0.116. The Kier molecular flexibility index (Phi) is 4.93. The first-order valence-electron chi connectivity index (χ1n) is 6.51. The average molecular weight is 288 g/mol. The molecule has 1 fully saturated rings. The zero-order valence-electron chi connectivity index (χ0n) is 11.4. The first kappa shape index (κ1) is 15.0. The molecule has 0 spiro atoms. The summed E-state index contributed by atoms with van der Waals surface area (Å²) in [5.74, 6) is 4.40. The van der Waals surface area contributed by atoms with Crippen LogP contribution in [0.3, 0.4) is 0 Å². The van der Waals surface area contributed by atoms with Gasteiger partial charge in [-0.15, -0.1) is 0 Å². The Labute approximate surface area is 122 Å². The molecule has 0 radical (unpaired) electrons. The fourth-order valence-electron chi connectivity index (χ4n) is 2.12. The second-order valence-corrected chi connectivity index (χ2v) is 4.53. The number of aliphatic hydroxyl groups excluding tert-OH is 1. The summed E-state index contributed by atoms with van der Waals surface area (Å²) in [6, 6.07) is 5.97. The molecule has 2 rings (SSSR count). The van der Waals surface area contributed by atoms with Crippen molar-refractivity contribution in [3.63, 3.8) is 0 Å². The summed E-state index contributed by atoms with van der Waals surface area (Å²) in [7, 11) is 0. The SMILES string of the molecule is NC(=O)C1COCCN1C(=O)c1cccc(C#CCO)c1. The van der Waals surface area contributed by atoms with Crippen LogP contribution in [0.25, 0.3) is 0 Å². The highest BCUT2D eigenvalue weighted by atomic mass is 16.5. The average Bonchev–Trinajstić information content (AvgIpc) is 2.52. The summed E-state index contributed by atoms with van der Waals surface area (Å²) in [6.07, 6.45) is 0. The van der Waals surface area contributed by atoms with Crippen LogP contribution in [0.2, 0.25) is 0 Å². The van der Waals surface area contributed by atoms with Crippen LogP contribution in [0.4, 0.5) is 0 Å². The van der Waals surface area contributed by atoms with E-state index in [0.29, 0.717) is 24.3 Å². The molecule has 1 saturated heterocycles. The predicted molar refractivity (Wildman–Crippen MR) is 75.2 cm³/mol. The molecule has 0 aromatic heterocycles. The fourth-order valence-corrected chi connectivity index (χ4v) is 2.12. The van der Waals surface area contributed by atoms with Crippen LogP contribution in [0.1, 0.15) is 15.9 Å². The maximum Gasteiger partial charge on any atom is 0.254 e. The molecule has 1 heterocycles. The van der Waals surface area contributed by atoms with Crippen molar-refractivity contribution in [2.75, 3.05) is 26.4 Å². The molecule has 3 N–H and O–H groups in total. The summed E-state index contributed by atoms with van der Waals surface area (Å²) >= 11 is 0. The molecule has 21 heavy (non-hydrogen) atoms. The van der Waals surface area contributed by atoms with Crippen LogP contribution in [0.15, 0.2) is 24.3 Å². The number of benzene rings is 1. The highest BCUT2D eigenvalue weighted by Crippen LogP contribution is 2.13. The normalized spacial score (nSPS) is 17.8. The van der Waals surface area contributed by atoms with E-state index in [1.54, 1.807) is 24.3 Å². The van der Waals surface area contributed by atoms with Gasteiger partial charge in [0.25, 0.3) is 5.91 Å². The van der Waals surface area contributed by atoms with Crippen molar-refractivity contribution in [1.82, 2.24) is 4.90 Å². The molecule has 0 bridgehead atoms. The number of carbonyl (C=O) groups is 2. The molecule has 2 amide bonds. The number of primary amides is 1. The highest BCUT2D eigenvalue weighted by Gasteiger charge is 2.31. The number of aliphatic hydroxyl groups is 1. The Morgan fingerprint density at radius 1 is 1.48 bits per heavy atom. The van der Waals surface area contributed by atoms with E-state index >= 15 is 0 Å². The lowest BCUT2D eigenvalue weighted by Crippen LogP contribution is -2.54. The van der Waals surface area contributed by atoms with Crippen LogP contribution in [-0.4, -0.2) is 54.2 Å². The molecule has 1 unspecified atom stereocenters. The highest BCUT2D eigenvalue weighted by molar-refractivity contribution is 5.97. The van der Waals surface area contributed by atoms with Crippen LogP contribution in [-0.2, 0) is 9.53 Å². The van der Waals surface area contributed by atoms with Crippen LogP contribution >= 0.6 is 0 Å². The number of amides is 2. The van der Waals surface area contributed by atoms with Gasteiger partial charge in [-0.2, -0.15) is 0 Å². The molecule has 1 aliphatic heterocycles. The third-order valence-corrected chi connectivity index (χ3v) is 3.14. The minimum atomic E-state index is -0.751. The van der Waals surface area contributed by atoms with E-state index in [2.05, 4.69) is 11.8 Å². The van der Waals surface area contributed by atoms with Crippen LogP contribution in [0, 0.1) is 11.8 Å². The predicted octanol–water partition coefficient (Wildman–Crippen LogP) is -0.643. The molecule has 0 aliphatic carbocycles. The standard InChI is InChI=1S/C15H16N2O4/c16-14(19)13-10-21-8-6-17(13)15(20)12-5-1-3-11(9-12)4-2-7-18/h1,3,5,9,13,18H,6-8,10H2,(H2,16,19). The van der Waals surface area contributed by atoms with Gasteiger partial charge in [0, 0.05) is 17.7 Å². The van der Waals surface area contributed by atoms with Gasteiger partial charge in [-0.05, 0) is 18.2 Å². The van der Waals surface area contributed by atoms with Gasteiger partial charge in [-0.25, -0.2) is 0 Å². The number of nitrogens with two attached hydrogens (primary N) is 1. The third kappa shape index (κ3) is 3.60. The number of hydrogen-bond acceptors (Lipinski definition) is 4. The van der Waals surface area contributed by atoms with Gasteiger partial charge in [0.1, 0.15) is 12.6 Å². The molecule has 6 nitrogen and oxygen atoms in total. The molecule has 0 saturated carbocycles. The molecular formula is C15H16N2O4. The van der Waals surface area contributed by atoms with Crippen molar-refractivity contribution in [3.8, 4) is 11.8 Å². The zero-order valence-corrected chi connectivity index (χ0v) is 11.4. The van der Waals surface area contributed by atoms with Crippen LogP contribution in [0.5, 0.6) is 0 Å². The quantitative estimate of drug-likeness (QED) is 0.708. The summed E-state index contributed by atoms with van der Waals surface area (Å²) in [5, 5.41) is 8.69. The summed E-state index contributed by atoms with van der Waals surface area (Å²) < 4.78 is 5.19. The molecule has 1 aromatic carbocycles. The Morgan fingerprint density at radius 3 is 3.00 bits per heavy atom. The van der Waals surface area contributed by atoms with Crippen molar-refractivity contribution in [2.45, 2.75) is 6.04 Å². The van der Waals surface area contributed by atoms with Crippen molar-refractivity contribution in [3.05, 3.63) is 35.4 Å². The topological polar surface area (TPSA) is 92.9 Å². The van der Waals surface area contributed by atoms with Gasteiger partial charge >= 0.3 is 0 Å². The van der Waals surface area contributed by atoms with E-state index in [1.807, 2.05) is 0 Å². The lowest BCUT2D eigenvalue weighted by Gasteiger charge is -2.33. The number of carbonyl (C=O) groups excluding carboxylic acids is 2. The molecule has 1 aromatic rings. The largest absolute Gasteiger partial charge is 0.384 e. The number of nitrogens with zero attached hydrogens (tertiary/aromatic N) is 1. The van der Waals surface area contributed by atoms with E-state index in [0.717, 1.165) is 0 Å². The van der Waals surface area contributed by atoms with Gasteiger partial charge < -0.3 is 20.5 Å². The van der Waals surface area contributed by atoms with Crippen molar-refractivity contribution >= 4 is 11.8 Å². The maximum atomic E-state index is 12.5. The van der Waals surface area contributed by atoms with E-state index in [1.165, 1.54) is 4.90 Å². The lowest BCUT2D eigenvalue weighted by atomic mass is 10.1. The number of ether oxygens (including phenoxy) is 1. The number of rotatable bonds is 2. The molecular weight excluding hydrogens is 272 g/mol. The van der Waals surface area contributed by atoms with Crippen molar-refractivity contribution < 1.29 is 19.4 Å². The van der Waals surface area contributed by atoms with Crippen molar-refractivity contribution in [1.29, 1.82) is 0 Å². The van der Waals surface area contributed by atoms with Crippen LogP contribution < -0.4 is 5.73 Å². The Hall–Kier alpha value is -2.36. The van der Waals surface area contributed by atoms with E-state index in [-0.39, 0.29) is 19.1 Å². The third-order valence-electron chi connectivity index (χ3n) is 3.14. The second kappa shape index (κ2) is 6.88. The first-order chi connectivity index (χ1) is 10.1. The monoisotopic (exact) mass is 288 g/mol. The molecule has 1 atom stereocenters. The fraction of sp³-hybridized carbons (Fsp3) is 0.333. The summed E-state index contributed by atoms with van der Waals surface area (Å²) in [6.45, 7) is 0.564. The smallest absolute Gasteiger partial charge is 0.254 e. The zero-order chi connectivity index (χ0) is 15.2. The summed E-state index contributed by atoms with van der Waals surface area (Å²) in [4.78, 5) is 25.3. The van der Waals surface area contributed by atoms with E-state index in [4.69, 9.17) is 15.6 Å². The van der Waals surface area contributed by atoms with Gasteiger partial charge in [0.05, 0.1) is 13.2 Å². The number of hydrogen-bond donors (Lipinski definition) is 2. The second-order valence-electron chi connectivity index (χ2n) is 4.53. The van der Waals surface area contributed by atoms with Gasteiger partial charge in [0.15, 0.2) is 0 Å². The van der Waals surface area contributed by atoms with E-state index in [9.17, 15) is 9.59 Å². The minimum Gasteiger partial charge on any atom is -0.384 e. The Balaban J connectivity index is 2.24. The Morgan fingerprint density at radius 2 is 2.29 bits per heavy atom. The molecule has 1 aliphatic rings. The Bertz CT molecular complexity index is 603. The van der Waals surface area contributed by atoms with E-state index < -0.39 is 11.9 Å². The summed E-state index contributed by atoms with van der Waals surface area (Å²) in [5.41, 5.74) is 6.35. The lowest BCUT2D eigenvalue weighted by molar-refractivity contribution is -0.127. The van der Waals surface area contributed by atoms with Gasteiger partial charge in [-0.1, -0.05) is 17.9 Å². The molecule has 110 valence electrons. The number of morpholine rings is 1. The van der Waals surface area contributed by atoms with Crippen molar-refractivity contribution in [2.24, 2.45) is 5.73 Å².